The molecule has 0 radical (unpaired) electrons. The maximum Gasteiger partial charge on any atom is 0.319 e. The van der Waals surface area contributed by atoms with Crippen molar-refractivity contribution in [2.75, 3.05) is 18.4 Å². The smallest absolute Gasteiger partial charge is 0.319 e. The average Bonchev–Trinajstić information content (AvgIpc) is 2.76. The second kappa shape index (κ2) is 10.5. The second-order valence-corrected chi connectivity index (χ2v) is 10.1. The third-order valence-electron chi connectivity index (χ3n) is 4.79. The van der Waals surface area contributed by atoms with Crippen molar-refractivity contribution in [3.05, 3.63) is 92.9 Å². The van der Waals surface area contributed by atoms with E-state index in [-0.39, 0.29) is 11.4 Å². The van der Waals surface area contributed by atoms with Crippen LogP contribution in [0, 0.1) is 6.92 Å². The molecule has 1 atom stereocenters. The molecule has 0 spiro atoms. The zero-order valence-electron chi connectivity index (χ0n) is 17.4. The van der Waals surface area contributed by atoms with E-state index in [1.807, 2.05) is 19.1 Å². The van der Waals surface area contributed by atoms with Gasteiger partial charge in [-0.05, 0) is 54.4 Å². The van der Waals surface area contributed by atoms with Gasteiger partial charge in [0.15, 0.2) is 0 Å². The molecule has 0 heterocycles. The molecule has 3 aromatic carbocycles. The zero-order chi connectivity index (χ0) is 23.3. The molecular weight excluding hydrogens is 516 g/mol. The van der Waals surface area contributed by atoms with Crippen molar-refractivity contribution >= 4 is 49.2 Å². The van der Waals surface area contributed by atoms with E-state index >= 15 is 0 Å². The third kappa shape index (κ3) is 5.89. The molecule has 0 bridgehead atoms. The highest BCUT2D eigenvalue weighted by Gasteiger charge is 2.24. The van der Waals surface area contributed by atoms with Crippen molar-refractivity contribution in [1.29, 1.82) is 0 Å². The first kappa shape index (κ1) is 24.3. The molecule has 2 N–H and O–H groups in total. The van der Waals surface area contributed by atoms with Crippen molar-refractivity contribution < 1.29 is 17.9 Å². The van der Waals surface area contributed by atoms with Crippen molar-refractivity contribution in [3.63, 3.8) is 0 Å². The fraction of sp³-hybridized carbons (Fsp3) is 0.174. The molecule has 32 heavy (non-hydrogen) atoms. The van der Waals surface area contributed by atoms with Gasteiger partial charge in [-0.1, -0.05) is 63.4 Å². The van der Waals surface area contributed by atoms with Crippen molar-refractivity contribution in [2.45, 2.75) is 17.9 Å². The summed E-state index contributed by atoms with van der Waals surface area (Å²) in [6.07, 6.45) is 0. The first-order valence-corrected chi connectivity index (χ1v) is 12.3. The first-order chi connectivity index (χ1) is 15.2. The number of anilines is 1. The van der Waals surface area contributed by atoms with Crippen molar-refractivity contribution in [2.24, 2.45) is 0 Å². The first-order valence-electron chi connectivity index (χ1n) is 9.65. The SMILES string of the molecule is COC(=O)CN[C@H](c1ccccc1Cl)c1cc(Br)ccc1NS(=O)(=O)c1ccc(C)cc1. The summed E-state index contributed by atoms with van der Waals surface area (Å²) in [4.78, 5) is 12.0. The Morgan fingerprint density at radius 3 is 2.41 bits per heavy atom. The lowest BCUT2D eigenvalue weighted by Gasteiger charge is -2.24. The summed E-state index contributed by atoms with van der Waals surface area (Å²) >= 11 is 9.90. The molecule has 9 heteroatoms. The Morgan fingerprint density at radius 2 is 1.75 bits per heavy atom. The highest BCUT2D eigenvalue weighted by atomic mass is 79.9. The molecule has 0 aliphatic carbocycles. The van der Waals surface area contributed by atoms with Gasteiger partial charge in [-0.2, -0.15) is 0 Å². The van der Waals surface area contributed by atoms with Gasteiger partial charge < -0.3 is 4.74 Å². The van der Waals surface area contributed by atoms with Gasteiger partial charge in [0.25, 0.3) is 10.0 Å². The Morgan fingerprint density at radius 1 is 1.06 bits per heavy atom. The Bertz CT molecular complexity index is 1220. The number of esters is 1. The molecule has 0 amide bonds. The minimum atomic E-state index is -3.84. The van der Waals surface area contributed by atoms with Crippen LogP contribution < -0.4 is 10.0 Å². The molecule has 0 fully saturated rings. The van der Waals surface area contributed by atoms with Gasteiger partial charge in [0, 0.05) is 9.50 Å². The van der Waals surface area contributed by atoms with Gasteiger partial charge in [0.2, 0.25) is 0 Å². The van der Waals surface area contributed by atoms with E-state index in [9.17, 15) is 13.2 Å². The number of methoxy groups -OCH3 is 1. The average molecular weight is 538 g/mol. The Kier molecular flexibility index (Phi) is 7.95. The van der Waals surface area contributed by atoms with E-state index in [1.54, 1.807) is 54.6 Å². The molecule has 6 nitrogen and oxygen atoms in total. The van der Waals surface area contributed by atoms with Crippen LogP contribution in [0.5, 0.6) is 0 Å². The summed E-state index contributed by atoms with van der Waals surface area (Å²) < 4.78 is 34.3. The number of ether oxygens (including phenoxy) is 1. The van der Waals surface area contributed by atoms with Gasteiger partial charge in [0.1, 0.15) is 0 Å². The summed E-state index contributed by atoms with van der Waals surface area (Å²) in [5.41, 5.74) is 2.59. The van der Waals surface area contributed by atoms with E-state index in [1.165, 1.54) is 7.11 Å². The summed E-state index contributed by atoms with van der Waals surface area (Å²) in [5, 5.41) is 3.60. The lowest BCUT2D eigenvalue weighted by Crippen LogP contribution is -2.30. The molecular formula is C23H22BrClN2O4S. The molecule has 0 aliphatic rings. The number of aryl methyl sites for hydroxylation is 1. The van der Waals surface area contributed by atoms with Gasteiger partial charge in [0.05, 0.1) is 30.3 Å². The fourth-order valence-electron chi connectivity index (χ4n) is 3.14. The standard InChI is InChI=1S/C23H22BrClN2O4S/c1-15-7-10-17(11-8-15)32(29,30)27-21-12-9-16(24)13-19(21)23(26-14-22(28)31-2)18-5-3-4-6-20(18)25/h3-13,23,26-27H,14H2,1-2H3/t23-/m1/s1. The van der Waals surface area contributed by atoms with Crippen LogP contribution in [-0.4, -0.2) is 28.0 Å². The van der Waals surface area contributed by atoms with Gasteiger partial charge >= 0.3 is 5.97 Å². The van der Waals surface area contributed by atoms with E-state index in [0.717, 1.165) is 10.0 Å². The predicted molar refractivity (Wildman–Crippen MR) is 129 cm³/mol. The summed E-state index contributed by atoms with van der Waals surface area (Å²) in [7, 11) is -2.54. The van der Waals surface area contributed by atoms with Crippen molar-refractivity contribution in [3.8, 4) is 0 Å². The highest BCUT2D eigenvalue weighted by Crippen LogP contribution is 2.35. The lowest BCUT2D eigenvalue weighted by molar-refractivity contribution is -0.139. The van der Waals surface area contributed by atoms with Gasteiger partial charge in [-0.3, -0.25) is 14.8 Å². The molecule has 3 aromatic rings. The number of nitrogens with one attached hydrogen (secondary N) is 2. The number of carbonyl (C=O) groups excluding carboxylic acids is 1. The third-order valence-corrected chi connectivity index (χ3v) is 7.01. The highest BCUT2D eigenvalue weighted by molar-refractivity contribution is 9.10. The van der Waals surface area contributed by atoms with Crippen LogP contribution in [0.25, 0.3) is 0 Å². The maximum absolute atomic E-state index is 13.0. The number of sulfonamides is 1. The number of carbonyl (C=O) groups is 1. The van der Waals surface area contributed by atoms with Crippen LogP contribution in [0.3, 0.4) is 0 Å². The molecule has 0 saturated heterocycles. The van der Waals surface area contributed by atoms with Gasteiger partial charge in [-0.15, -0.1) is 0 Å². The molecule has 0 aromatic heterocycles. The summed E-state index contributed by atoms with van der Waals surface area (Å²) in [5.74, 6) is -0.459. The van der Waals surface area contributed by atoms with Crippen LogP contribution in [-0.2, 0) is 19.6 Å². The largest absolute Gasteiger partial charge is 0.468 e. The number of hydrogen-bond donors (Lipinski definition) is 2. The van der Waals surface area contributed by atoms with E-state index in [0.29, 0.717) is 21.8 Å². The molecule has 0 aliphatic heterocycles. The molecule has 0 unspecified atom stereocenters. The minimum Gasteiger partial charge on any atom is -0.468 e. The second-order valence-electron chi connectivity index (χ2n) is 7.06. The summed E-state index contributed by atoms with van der Waals surface area (Å²) in [6.45, 7) is 1.79. The van der Waals surface area contributed by atoms with Crippen LogP contribution in [0.2, 0.25) is 5.02 Å². The van der Waals surface area contributed by atoms with Crippen LogP contribution in [0.4, 0.5) is 5.69 Å². The normalized spacial score (nSPS) is 12.2. The van der Waals surface area contributed by atoms with Crippen molar-refractivity contribution in [1.82, 2.24) is 5.32 Å². The summed E-state index contributed by atoms with van der Waals surface area (Å²) in [6, 6.07) is 18.3. The fourth-order valence-corrected chi connectivity index (χ4v) is 4.85. The predicted octanol–water partition coefficient (Wildman–Crippen LogP) is 5.06. The monoisotopic (exact) mass is 536 g/mol. The van der Waals surface area contributed by atoms with Gasteiger partial charge in [-0.25, -0.2) is 8.42 Å². The molecule has 3 rings (SSSR count). The number of benzene rings is 3. The Hall–Kier alpha value is -2.39. The maximum atomic E-state index is 13.0. The van der Waals surface area contributed by atoms with E-state index < -0.39 is 22.0 Å². The van der Waals surface area contributed by atoms with E-state index in [2.05, 4.69) is 26.0 Å². The number of rotatable bonds is 8. The quantitative estimate of drug-likeness (QED) is 0.392. The molecule has 0 saturated carbocycles. The van der Waals surface area contributed by atoms with Crippen LogP contribution >= 0.6 is 27.5 Å². The van der Waals surface area contributed by atoms with Crippen LogP contribution in [0.1, 0.15) is 22.7 Å². The van der Waals surface area contributed by atoms with Crippen LogP contribution in [0.15, 0.2) is 76.1 Å². The molecule has 168 valence electrons. The Labute approximate surface area is 201 Å². The Balaban J connectivity index is 2.07. The van der Waals surface area contributed by atoms with E-state index in [4.69, 9.17) is 16.3 Å². The zero-order valence-corrected chi connectivity index (χ0v) is 20.6. The lowest BCUT2D eigenvalue weighted by atomic mass is 9.97. The number of hydrogen-bond acceptors (Lipinski definition) is 5. The topological polar surface area (TPSA) is 84.5 Å². The minimum absolute atomic E-state index is 0.0942. The number of halogens is 2.